The minimum atomic E-state index is -1.04. The second kappa shape index (κ2) is 11.6. The van der Waals surface area contributed by atoms with Crippen LogP contribution < -0.4 is 0 Å². The maximum absolute atomic E-state index is 11.7. The van der Waals surface area contributed by atoms with Gasteiger partial charge in [0, 0.05) is 58.7 Å². The SMILES string of the molecule is CCC(=O)CC(CN1CCN(CC(=O)O)CCN(CC(=O)O)CC1)C(=O)O. The summed E-state index contributed by atoms with van der Waals surface area (Å²) in [6.07, 6.45) is 0.239. The first-order chi connectivity index (χ1) is 12.7. The number of hydrogen-bond acceptors (Lipinski definition) is 7. The van der Waals surface area contributed by atoms with Crippen LogP contribution in [0.3, 0.4) is 0 Å². The van der Waals surface area contributed by atoms with E-state index in [-0.39, 0.29) is 38.3 Å². The molecule has 1 aliphatic rings. The van der Waals surface area contributed by atoms with Gasteiger partial charge >= 0.3 is 17.9 Å². The second-order valence-electron chi connectivity index (χ2n) is 6.77. The van der Waals surface area contributed by atoms with Crippen LogP contribution in [-0.2, 0) is 19.2 Å². The summed E-state index contributed by atoms with van der Waals surface area (Å²) >= 11 is 0. The van der Waals surface area contributed by atoms with E-state index in [9.17, 15) is 24.3 Å². The molecule has 1 saturated heterocycles. The molecule has 1 aliphatic heterocycles. The molecule has 0 amide bonds. The monoisotopic (exact) mass is 387 g/mol. The molecule has 0 spiro atoms. The highest BCUT2D eigenvalue weighted by Gasteiger charge is 2.25. The van der Waals surface area contributed by atoms with E-state index in [0.29, 0.717) is 39.3 Å². The van der Waals surface area contributed by atoms with Crippen LogP contribution in [0.25, 0.3) is 0 Å². The largest absolute Gasteiger partial charge is 0.481 e. The molecule has 1 fully saturated rings. The summed E-state index contributed by atoms with van der Waals surface area (Å²) in [5.74, 6) is -3.93. The lowest BCUT2D eigenvalue weighted by Crippen LogP contribution is -2.42. The van der Waals surface area contributed by atoms with E-state index in [1.165, 1.54) is 0 Å². The van der Waals surface area contributed by atoms with Crippen molar-refractivity contribution >= 4 is 23.7 Å². The van der Waals surface area contributed by atoms with Crippen LogP contribution >= 0.6 is 0 Å². The number of nitrogens with zero attached hydrogens (tertiary/aromatic N) is 3. The molecule has 1 atom stereocenters. The standard InChI is InChI=1S/C17H29N3O7/c1-2-14(21)9-13(17(26)27)10-18-3-5-19(11-15(22)23)7-8-20(6-4-18)12-16(24)25/h13H,2-12H2,1H3,(H,22,23)(H,24,25)(H,26,27). The molecule has 0 aromatic rings. The van der Waals surface area contributed by atoms with Gasteiger partial charge in [0.15, 0.2) is 0 Å². The molecule has 10 heteroatoms. The summed E-state index contributed by atoms with van der Waals surface area (Å²) in [5.41, 5.74) is 0. The Morgan fingerprint density at radius 1 is 0.778 bits per heavy atom. The zero-order valence-electron chi connectivity index (χ0n) is 15.7. The first-order valence-electron chi connectivity index (χ1n) is 9.06. The maximum Gasteiger partial charge on any atom is 0.317 e. The van der Waals surface area contributed by atoms with Gasteiger partial charge in [-0.1, -0.05) is 6.92 Å². The molecule has 154 valence electrons. The highest BCUT2D eigenvalue weighted by molar-refractivity contribution is 5.83. The Morgan fingerprint density at radius 2 is 1.19 bits per heavy atom. The Bertz CT molecular complexity index is 513. The van der Waals surface area contributed by atoms with Crippen molar-refractivity contribution in [2.75, 3.05) is 58.9 Å². The third-order valence-corrected chi connectivity index (χ3v) is 4.61. The molecule has 3 N–H and O–H groups in total. The zero-order valence-corrected chi connectivity index (χ0v) is 15.7. The van der Waals surface area contributed by atoms with Crippen molar-refractivity contribution in [2.24, 2.45) is 5.92 Å². The number of carbonyl (C=O) groups is 4. The molecule has 0 aromatic carbocycles. The number of Topliss-reactive ketones (excluding diaryl/α,β-unsaturated/α-hetero) is 1. The number of rotatable bonds is 10. The topological polar surface area (TPSA) is 139 Å². The average Bonchev–Trinajstić information content (AvgIpc) is 2.66. The molecule has 0 bridgehead atoms. The van der Waals surface area contributed by atoms with E-state index < -0.39 is 23.8 Å². The molecule has 0 aromatic heterocycles. The summed E-state index contributed by atoms with van der Waals surface area (Å²) < 4.78 is 0. The minimum absolute atomic E-state index is 0.0417. The van der Waals surface area contributed by atoms with Gasteiger partial charge in [-0.3, -0.25) is 33.9 Å². The molecule has 10 nitrogen and oxygen atoms in total. The third kappa shape index (κ3) is 9.45. The number of carboxylic acids is 3. The average molecular weight is 387 g/mol. The van der Waals surface area contributed by atoms with Crippen molar-refractivity contribution in [3.63, 3.8) is 0 Å². The minimum Gasteiger partial charge on any atom is -0.481 e. The smallest absolute Gasteiger partial charge is 0.317 e. The van der Waals surface area contributed by atoms with Crippen LogP contribution in [0.4, 0.5) is 0 Å². The van der Waals surface area contributed by atoms with Crippen molar-refractivity contribution in [1.29, 1.82) is 0 Å². The van der Waals surface area contributed by atoms with E-state index in [1.807, 2.05) is 4.90 Å². The first-order valence-corrected chi connectivity index (χ1v) is 9.06. The van der Waals surface area contributed by atoms with Crippen molar-refractivity contribution in [2.45, 2.75) is 19.8 Å². The Hall–Kier alpha value is -2.04. The Morgan fingerprint density at radius 3 is 1.52 bits per heavy atom. The number of hydrogen-bond donors (Lipinski definition) is 3. The lowest BCUT2D eigenvalue weighted by molar-refractivity contribution is -0.144. The van der Waals surface area contributed by atoms with Gasteiger partial charge in [0.25, 0.3) is 0 Å². The van der Waals surface area contributed by atoms with E-state index in [2.05, 4.69) is 0 Å². The normalized spacial score (nSPS) is 18.9. The van der Waals surface area contributed by atoms with Gasteiger partial charge in [-0.2, -0.15) is 0 Å². The number of aliphatic carboxylic acids is 3. The molecule has 1 rings (SSSR count). The molecular weight excluding hydrogens is 358 g/mol. The number of ketones is 1. The van der Waals surface area contributed by atoms with Gasteiger partial charge in [-0.25, -0.2) is 0 Å². The van der Waals surface area contributed by atoms with Crippen molar-refractivity contribution in [3.8, 4) is 0 Å². The van der Waals surface area contributed by atoms with Crippen molar-refractivity contribution in [3.05, 3.63) is 0 Å². The van der Waals surface area contributed by atoms with Crippen LogP contribution in [0.1, 0.15) is 19.8 Å². The summed E-state index contributed by atoms with van der Waals surface area (Å²) in [4.78, 5) is 50.5. The Balaban J connectivity index is 2.83. The summed E-state index contributed by atoms with van der Waals surface area (Å²) in [6, 6.07) is 0. The molecule has 0 saturated carbocycles. The van der Waals surface area contributed by atoms with Crippen LogP contribution in [0.5, 0.6) is 0 Å². The molecule has 27 heavy (non-hydrogen) atoms. The Kier molecular flexibility index (Phi) is 9.90. The molecule has 0 radical (unpaired) electrons. The lowest BCUT2D eigenvalue weighted by atomic mass is 10.0. The van der Waals surface area contributed by atoms with Crippen LogP contribution in [0.2, 0.25) is 0 Å². The van der Waals surface area contributed by atoms with Crippen LogP contribution in [-0.4, -0.2) is 113 Å². The van der Waals surface area contributed by atoms with E-state index in [4.69, 9.17) is 10.2 Å². The quantitative estimate of drug-likeness (QED) is 0.434. The fourth-order valence-corrected chi connectivity index (χ4v) is 3.03. The van der Waals surface area contributed by atoms with Crippen molar-refractivity contribution in [1.82, 2.24) is 14.7 Å². The molecular formula is C17H29N3O7. The fourth-order valence-electron chi connectivity index (χ4n) is 3.03. The van der Waals surface area contributed by atoms with E-state index in [0.717, 1.165) is 0 Å². The van der Waals surface area contributed by atoms with Gasteiger partial charge in [-0.05, 0) is 0 Å². The molecule has 1 heterocycles. The highest BCUT2D eigenvalue weighted by atomic mass is 16.4. The number of carbonyl (C=O) groups excluding carboxylic acids is 1. The summed E-state index contributed by atoms with van der Waals surface area (Å²) in [6.45, 7) is 4.15. The predicted molar refractivity (Wildman–Crippen MR) is 95.6 cm³/mol. The van der Waals surface area contributed by atoms with Gasteiger partial charge in [0.2, 0.25) is 0 Å². The molecule has 0 aliphatic carbocycles. The van der Waals surface area contributed by atoms with Gasteiger partial charge in [-0.15, -0.1) is 0 Å². The van der Waals surface area contributed by atoms with Gasteiger partial charge in [0.05, 0.1) is 19.0 Å². The fraction of sp³-hybridized carbons (Fsp3) is 0.765. The van der Waals surface area contributed by atoms with Gasteiger partial charge in [0.1, 0.15) is 5.78 Å². The highest BCUT2D eigenvalue weighted by Crippen LogP contribution is 2.10. The number of carboxylic acid groups (broad SMARTS) is 3. The second-order valence-corrected chi connectivity index (χ2v) is 6.77. The summed E-state index contributed by atoms with van der Waals surface area (Å²) in [7, 11) is 0. The van der Waals surface area contributed by atoms with Crippen molar-refractivity contribution < 1.29 is 34.5 Å². The first kappa shape index (κ1) is 23.0. The van der Waals surface area contributed by atoms with E-state index >= 15 is 0 Å². The maximum atomic E-state index is 11.7. The van der Waals surface area contributed by atoms with E-state index in [1.54, 1.807) is 16.7 Å². The van der Waals surface area contributed by atoms with Crippen LogP contribution in [0, 0.1) is 5.92 Å². The third-order valence-electron chi connectivity index (χ3n) is 4.61. The summed E-state index contributed by atoms with van der Waals surface area (Å²) in [5, 5.41) is 27.5. The van der Waals surface area contributed by atoms with Crippen LogP contribution in [0.15, 0.2) is 0 Å². The van der Waals surface area contributed by atoms with Gasteiger partial charge < -0.3 is 15.3 Å². The predicted octanol–water partition coefficient (Wildman–Crippen LogP) is -0.855. The lowest BCUT2D eigenvalue weighted by Gasteiger charge is -2.27. The Labute approximate surface area is 158 Å². The zero-order chi connectivity index (χ0) is 20.4. The molecule has 1 unspecified atom stereocenters.